The van der Waals surface area contributed by atoms with Gasteiger partial charge in [0.05, 0.1) is 5.69 Å². The molecule has 0 saturated carbocycles. The van der Waals surface area contributed by atoms with E-state index in [2.05, 4.69) is 22.6 Å². The first-order valence-corrected chi connectivity index (χ1v) is 7.58. The van der Waals surface area contributed by atoms with Crippen LogP contribution in [0.25, 0.3) is 10.6 Å². The number of nitrogens with one attached hydrogen (secondary N) is 1. The highest BCUT2D eigenvalue weighted by Crippen LogP contribution is 2.23. The molecule has 0 spiro atoms. The molecule has 0 fully saturated rings. The number of nitrogens with zero attached hydrogens (tertiary/aromatic N) is 1. The van der Waals surface area contributed by atoms with Gasteiger partial charge in [0.25, 0.3) is 0 Å². The second kappa shape index (κ2) is 7.36. The largest absolute Gasteiger partial charge is 0.311 e. The Hall–Kier alpha value is -1.26. The topological polar surface area (TPSA) is 24.9 Å². The summed E-state index contributed by atoms with van der Waals surface area (Å²) in [4.78, 5) is 4.56. The Balaban J connectivity index is 1.86. The first-order valence-electron chi connectivity index (χ1n) is 6.70. The number of aromatic nitrogens is 1. The minimum absolute atomic E-state index is 0.210. The molecule has 0 bridgehead atoms. The lowest BCUT2D eigenvalue weighted by molar-refractivity contribution is 0.612. The van der Waals surface area contributed by atoms with E-state index >= 15 is 0 Å². The molecule has 0 saturated heterocycles. The van der Waals surface area contributed by atoms with E-state index in [0.717, 1.165) is 29.4 Å². The zero-order valence-electron chi connectivity index (χ0n) is 11.2. The number of rotatable bonds is 7. The van der Waals surface area contributed by atoms with Gasteiger partial charge >= 0.3 is 0 Å². The summed E-state index contributed by atoms with van der Waals surface area (Å²) < 4.78 is 12.8. The van der Waals surface area contributed by atoms with Crippen LogP contribution in [0.15, 0.2) is 29.6 Å². The molecule has 1 aromatic heterocycles. The number of hydrogen-bond donors (Lipinski definition) is 1. The fourth-order valence-corrected chi connectivity index (χ4v) is 2.66. The highest BCUT2D eigenvalue weighted by atomic mass is 32.1. The minimum Gasteiger partial charge on any atom is -0.311 e. The van der Waals surface area contributed by atoms with Crippen molar-refractivity contribution in [2.75, 3.05) is 6.54 Å². The van der Waals surface area contributed by atoms with Crippen molar-refractivity contribution < 1.29 is 4.39 Å². The molecule has 2 aromatic rings. The van der Waals surface area contributed by atoms with E-state index in [9.17, 15) is 4.39 Å². The van der Waals surface area contributed by atoms with Crippen LogP contribution in [0.2, 0.25) is 0 Å². The van der Waals surface area contributed by atoms with Gasteiger partial charge in [-0.05, 0) is 37.2 Å². The molecule has 0 aliphatic heterocycles. The second-order valence-corrected chi connectivity index (χ2v) is 5.39. The van der Waals surface area contributed by atoms with Crippen molar-refractivity contribution in [1.29, 1.82) is 0 Å². The number of thiazole rings is 1. The van der Waals surface area contributed by atoms with Crippen molar-refractivity contribution in [3.05, 3.63) is 41.2 Å². The van der Waals surface area contributed by atoms with Crippen LogP contribution in [-0.4, -0.2) is 11.5 Å². The van der Waals surface area contributed by atoms with Crippen LogP contribution in [-0.2, 0) is 6.54 Å². The predicted molar refractivity (Wildman–Crippen MR) is 78.7 cm³/mol. The Morgan fingerprint density at radius 3 is 2.74 bits per heavy atom. The molecule has 0 atom stereocenters. The Kier molecular flexibility index (Phi) is 5.48. The Morgan fingerprint density at radius 1 is 1.21 bits per heavy atom. The van der Waals surface area contributed by atoms with Gasteiger partial charge in [-0.15, -0.1) is 11.3 Å². The summed E-state index contributed by atoms with van der Waals surface area (Å²) in [6.07, 6.45) is 3.73. The SMILES string of the molecule is CCCCCNCc1csc(-c2ccc(F)cc2)n1. The third kappa shape index (κ3) is 4.40. The van der Waals surface area contributed by atoms with Gasteiger partial charge < -0.3 is 5.32 Å². The molecule has 0 unspecified atom stereocenters. The molecule has 0 aliphatic carbocycles. The van der Waals surface area contributed by atoms with Crippen LogP contribution in [0.1, 0.15) is 31.9 Å². The Morgan fingerprint density at radius 2 is 2.00 bits per heavy atom. The lowest BCUT2D eigenvalue weighted by Gasteiger charge is -2.01. The van der Waals surface area contributed by atoms with Gasteiger partial charge in [0, 0.05) is 17.5 Å². The quantitative estimate of drug-likeness (QED) is 0.767. The maximum atomic E-state index is 12.8. The summed E-state index contributed by atoms with van der Waals surface area (Å²) in [6, 6.07) is 6.48. The molecule has 19 heavy (non-hydrogen) atoms. The van der Waals surface area contributed by atoms with Gasteiger partial charge in [-0.2, -0.15) is 0 Å². The fraction of sp³-hybridized carbons (Fsp3) is 0.400. The molecule has 102 valence electrons. The molecule has 1 N–H and O–H groups in total. The van der Waals surface area contributed by atoms with E-state index in [4.69, 9.17) is 0 Å². The van der Waals surface area contributed by atoms with E-state index in [0.29, 0.717) is 0 Å². The summed E-state index contributed by atoms with van der Waals surface area (Å²) in [5, 5.41) is 6.40. The van der Waals surface area contributed by atoms with Crippen LogP contribution >= 0.6 is 11.3 Å². The third-order valence-electron chi connectivity index (χ3n) is 2.91. The lowest BCUT2D eigenvalue weighted by Crippen LogP contribution is -2.14. The normalized spacial score (nSPS) is 10.8. The monoisotopic (exact) mass is 278 g/mol. The predicted octanol–water partition coefficient (Wildman–Crippen LogP) is 4.23. The van der Waals surface area contributed by atoms with Crippen molar-refractivity contribution in [1.82, 2.24) is 10.3 Å². The van der Waals surface area contributed by atoms with Crippen molar-refractivity contribution in [3.8, 4) is 10.6 Å². The van der Waals surface area contributed by atoms with Crippen molar-refractivity contribution >= 4 is 11.3 Å². The number of halogens is 1. The van der Waals surface area contributed by atoms with Gasteiger partial charge in [0.1, 0.15) is 10.8 Å². The maximum absolute atomic E-state index is 12.8. The molecule has 1 aromatic carbocycles. The van der Waals surface area contributed by atoms with E-state index < -0.39 is 0 Å². The zero-order chi connectivity index (χ0) is 13.5. The van der Waals surface area contributed by atoms with Gasteiger partial charge in [-0.1, -0.05) is 19.8 Å². The van der Waals surface area contributed by atoms with Gasteiger partial charge in [-0.3, -0.25) is 0 Å². The van der Waals surface area contributed by atoms with Crippen LogP contribution < -0.4 is 5.32 Å². The average Bonchev–Trinajstić information content (AvgIpc) is 2.88. The van der Waals surface area contributed by atoms with Crippen LogP contribution in [0, 0.1) is 5.82 Å². The molecule has 2 rings (SSSR count). The summed E-state index contributed by atoms with van der Waals surface area (Å²) in [6.45, 7) is 4.05. The average molecular weight is 278 g/mol. The van der Waals surface area contributed by atoms with Crippen LogP contribution in [0.4, 0.5) is 4.39 Å². The second-order valence-electron chi connectivity index (χ2n) is 4.53. The van der Waals surface area contributed by atoms with Crippen LogP contribution in [0.5, 0.6) is 0 Å². The molecule has 0 radical (unpaired) electrons. The highest BCUT2D eigenvalue weighted by molar-refractivity contribution is 7.13. The smallest absolute Gasteiger partial charge is 0.123 e. The summed E-state index contributed by atoms with van der Waals surface area (Å²) in [5.41, 5.74) is 2.03. The fourth-order valence-electron chi connectivity index (χ4n) is 1.83. The van der Waals surface area contributed by atoms with E-state index in [1.165, 1.54) is 31.4 Å². The van der Waals surface area contributed by atoms with Gasteiger partial charge in [0.2, 0.25) is 0 Å². The molecular weight excluding hydrogens is 259 g/mol. The van der Waals surface area contributed by atoms with Crippen molar-refractivity contribution in [2.45, 2.75) is 32.7 Å². The van der Waals surface area contributed by atoms with E-state index in [-0.39, 0.29) is 5.82 Å². The number of hydrogen-bond acceptors (Lipinski definition) is 3. The lowest BCUT2D eigenvalue weighted by atomic mass is 10.2. The summed E-state index contributed by atoms with van der Waals surface area (Å²) in [5.74, 6) is -0.210. The third-order valence-corrected chi connectivity index (χ3v) is 3.85. The first kappa shape index (κ1) is 14.2. The maximum Gasteiger partial charge on any atom is 0.123 e. The van der Waals surface area contributed by atoms with Crippen molar-refractivity contribution in [2.24, 2.45) is 0 Å². The van der Waals surface area contributed by atoms with E-state index in [1.807, 2.05) is 0 Å². The number of unbranched alkanes of at least 4 members (excludes halogenated alkanes) is 2. The standard InChI is InChI=1S/C15H19FN2S/c1-2-3-4-9-17-10-14-11-19-15(18-14)12-5-7-13(16)8-6-12/h5-8,11,17H,2-4,9-10H2,1H3. The van der Waals surface area contributed by atoms with Crippen molar-refractivity contribution in [3.63, 3.8) is 0 Å². The summed E-state index contributed by atoms with van der Waals surface area (Å²) in [7, 11) is 0. The zero-order valence-corrected chi connectivity index (χ0v) is 12.0. The molecule has 0 aliphatic rings. The summed E-state index contributed by atoms with van der Waals surface area (Å²) >= 11 is 1.60. The van der Waals surface area contributed by atoms with E-state index in [1.54, 1.807) is 23.5 Å². The first-order chi connectivity index (χ1) is 9.29. The highest BCUT2D eigenvalue weighted by Gasteiger charge is 2.04. The molecule has 1 heterocycles. The molecule has 4 heteroatoms. The molecular formula is C15H19FN2S. The van der Waals surface area contributed by atoms with Gasteiger partial charge in [0.15, 0.2) is 0 Å². The van der Waals surface area contributed by atoms with Gasteiger partial charge in [-0.25, -0.2) is 9.37 Å². The Labute approximate surface area is 117 Å². The molecule has 0 amide bonds. The minimum atomic E-state index is -0.210. The molecule has 2 nitrogen and oxygen atoms in total. The Bertz CT molecular complexity index is 493. The number of benzene rings is 1. The van der Waals surface area contributed by atoms with Crippen LogP contribution in [0.3, 0.4) is 0 Å².